The number of rotatable bonds is 10. The zero-order valence-corrected chi connectivity index (χ0v) is 18.6. The molecule has 29 heavy (non-hydrogen) atoms. The van der Waals surface area contributed by atoms with Crippen molar-refractivity contribution in [1.82, 2.24) is 15.0 Å². The van der Waals surface area contributed by atoms with Crippen LogP contribution in [0.3, 0.4) is 0 Å². The normalized spacial score (nSPS) is 13.7. The number of hydrogen-bond acceptors (Lipinski definition) is 8. The molecule has 1 unspecified atom stereocenters. The molecule has 12 heteroatoms. The minimum absolute atomic E-state index is 0.116. The van der Waals surface area contributed by atoms with Gasteiger partial charge in [0, 0.05) is 15.8 Å². The lowest BCUT2D eigenvalue weighted by Crippen LogP contribution is -2.25. The quantitative estimate of drug-likeness (QED) is 0.458. The van der Waals surface area contributed by atoms with Gasteiger partial charge in [-0.25, -0.2) is 12.8 Å². The molecular weight excluding hydrogens is 441 g/mol. The molecule has 2 aromatic rings. The predicted molar refractivity (Wildman–Crippen MR) is 113 cm³/mol. The summed E-state index contributed by atoms with van der Waals surface area (Å²) in [6.07, 6.45) is 2.48. The lowest BCUT2D eigenvalue weighted by Gasteiger charge is -2.17. The van der Waals surface area contributed by atoms with E-state index < -0.39 is 15.8 Å². The standard InChI is InChI=1S/C17H23ClFN5O3S2/c1-4-5-12(9-25)20-15-21-16(24-29(3,26)27)23-17(22-15)28-10(2)13-7-6-11(18)8-14(13)19/h6-8,10,12,25H,4-5,9H2,1-3H3,(H2,20,21,22,23,24)/t10?,12-/m1/s1. The van der Waals surface area contributed by atoms with E-state index in [0.29, 0.717) is 17.0 Å². The number of aliphatic hydroxyl groups is 1. The molecule has 8 nitrogen and oxygen atoms in total. The summed E-state index contributed by atoms with van der Waals surface area (Å²) in [5.41, 5.74) is 0.408. The van der Waals surface area contributed by atoms with Crippen molar-refractivity contribution in [2.24, 2.45) is 0 Å². The lowest BCUT2D eigenvalue weighted by molar-refractivity contribution is 0.268. The first-order valence-electron chi connectivity index (χ1n) is 8.84. The fourth-order valence-electron chi connectivity index (χ4n) is 2.48. The van der Waals surface area contributed by atoms with Crippen LogP contribution in [0.25, 0.3) is 0 Å². The molecule has 1 aromatic carbocycles. The van der Waals surface area contributed by atoms with Crippen molar-refractivity contribution >= 4 is 45.3 Å². The Morgan fingerprint density at radius 1 is 1.28 bits per heavy atom. The van der Waals surface area contributed by atoms with E-state index in [1.807, 2.05) is 6.92 Å². The number of sulfonamides is 1. The Labute approximate surface area is 178 Å². The average molecular weight is 464 g/mol. The van der Waals surface area contributed by atoms with E-state index >= 15 is 0 Å². The maximum atomic E-state index is 14.2. The molecule has 1 aromatic heterocycles. The molecule has 3 N–H and O–H groups in total. The number of hydrogen-bond donors (Lipinski definition) is 3. The van der Waals surface area contributed by atoms with Crippen LogP contribution in [0, 0.1) is 5.82 Å². The van der Waals surface area contributed by atoms with Crippen molar-refractivity contribution in [2.75, 3.05) is 22.9 Å². The Morgan fingerprint density at radius 2 is 1.97 bits per heavy atom. The molecule has 0 aliphatic heterocycles. The first-order valence-corrected chi connectivity index (χ1v) is 12.0. The van der Waals surface area contributed by atoms with Gasteiger partial charge < -0.3 is 10.4 Å². The first kappa shape index (κ1) is 23.6. The number of benzene rings is 1. The topological polar surface area (TPSA) is 117 Å². The van der Waals surface area contributed by atoms with Gasteiger partial charge in [-0.3, -0.25) is 4.72 Å². The second-order valence-electron chi connectivity index (χ2n) is 6.38. The third kappa shape index (κ3) is 7.57. The molecule has 0 bridgehead atoms. The summed E-state index contributed by atoms with van der Waals surface area (Å²) in [5, 5.41) is 12.6. The number of halogens is 2. The number of anilines is 2. The summed E-state index contributed by atoms with van der Waals surface area (Å²) >= 11 is 6.94. The Balaban J connectivity index is 2.33. The average Bonchev–Trinajstić information content (AvgIpc) is 2.59. The fourth-order valence-corrected chi connectivity index (χ4v) is 3.97. The third-order valence-corrected chi connectivity index (χ3v) is 5.55. The minimum Gasteiger partial charge on any atom is -0.394 e. The third-order valence-electron chi connectivity index (χ3n) is 3.76. The zero-order chi connectivity index (χ0) is 21.6. The first-order chi connectivity index (χ1) is 13.6. The van der Waals surface area contributed by atoms with Crippen molar-refractivity contribution in [3.05, 3.63) is 34.6 Å². The number of aliphatic hydroxyl groups excluding tert-OH is 1. The van der Waals surface area contributed by atoms with E-state index in [4.69, 9.17) is 11.6 Å². The van der Waals surface area contributed by atoms with Gasteiger partial charge in [0.15, 0.2) is 5.16 Å². The molecule has 0 saturated heterocycles. The van der Waals surface area contributed by atoms with E-state index in [-0.39, 0.29) is 35.0 Å². The Morgan fingerprint density at radius 3 is 2.55 bits per heavy atom. The van der Waals surface area contributed by atoms with Gasteiger partial charge in [-0.15, -0.1) is 0 Å². The van der Waals surface area contributed by atoms with Crippen molar-refractivity contribution in [2.45, 2.75) is 43.1 Å². The summed E-state index contributed by atoms with van der Waals surface area (Å²) in [6.45, 7) is 3.60. The molecule has 0 aliphatic rings. The summed E-state index contributed by atoms with van der Waals surface area (Å²) in [6, 6.07) is 4.10. The summed E-state index contributed by atoms with van der Waals surface area (Å²) in [5.74, 6) is -0.503. The number of thioether (sulfide) groups is 1. The molecule has 2 rings (SSSR count). The Bertz CT molecular complexity index is 949. The highest BCUT2D eigenvalue weighted by Gasteiger charge is 2.18. The molecular formula is C17H23ClFN5O3S2. The molecule has 2 atom stereocenters. The fraction of sp³-hybridized carbons (Fsp3) is 0.471. The molecule has 0 spiro atoms. The zero-order valence-electron chi connectivity index (χ0n) is 16.2. The van der Waals surface area contributed by atoms with Gasteiger partial charge in [0.05, 0.1) is 18.9 Å². The van der Waals surface area contributed by atoms with Crippen LogP contribution in [-0.4, -0.2) is 47.4 Å². The van der Waals surface area contributed by atoms with Gasteiger partial charge in [-0.05, 0) is 25.5 Å². The molecule has 0 amide bonds. The van der Waals surface area contributed by atoms with Gasteiger partial charge >= 0.3 is 0 Å². The summed E-state index contributed by atoms with van der Waals surface area (Å²) in [4.78, 5) is 12.4. The van der Waals surface area contributed by atoms with E-state index in [1.54, 1.807) is 19.1 Å². The Hall–Kier alpha value is -1.69. The highest BCUT2D eigenvalue weighted by molar-refractivity contribution is 7.99. The smallest absolute Gasteiger partial charge is 0.242 e. The van der Waals surface area contributed by atoms with Crippen LogP contribution >= 0.6 is 23.4 Å². The van der Waals surface area contributed by atoms with Gasteiger partial charge in [0.2, 0.25) is 21.9 Å². The number of aromatic nitrogens is 3. The van der Waals surface area contributed by atoms with Crippen LogP contribution in [-0.2, 0) is 10.0 Å². The molecule has 1 heterocycles. The maximum absolute atomic E-state index is 14.2. The van der Waals surface area contributed by atoms with Crippen molar-refractivity contribution in [1.29, 1.82) is 0 Å². The van der Waals surface area contributed by atoms with E-state index in [2.05, 4.69) is 25.0 Å². The van der Waals surface area contributed by atoms with E-state index in [0.717, 1.165) is 24.4 Å². The van der Waals surface area contributed by atoms with E-state index in [1.165, 1.54) is 6.07 Å². The molecule has 0 aliphatic carbocycles. The molecule has 0 fully saturated rings. The summed E-state index contributed by atoms with van der Waals surface area (Å²) in [7, 11) is -3.61. The monoisotopic (exact) mass is 463 g/mol. The largest absolute Gasteiger partial charge is 0.394 e. The van der Waals surface area contributed by atoms with Crippen molar-refractivity contribution in [3.63, 3.8) is 0 Å². The second kappa shape index (κ2) is 10.4. The summed E-state index contributed by atoms with van der Waals surface area (Å²) < 4.78 is 39.6. The molecule has 0 radical (unpaired) electrons. The van der Waals surface area contributed by atoms with Crippen LogP contribution in [0.1, 0.15) is 37.5 Å². The minimum atomic E-state index is -3.61. The maximum Gasteiger partial charge on any atom is 0.242 e. The number of nitrogens with zero attached hydrogens (tertiary/aromatic N) is 3. The van der Waals surface area contributed by atoms with Crippen LogP contribution in [0.15, 0.2) is 23.4 Å². The van der Waals surface area contributed by atoms with Crippen LogP contribution in [0.5, 0.6) is 0 Å². The van der Waals surface area contributed by atoms with E-state index in [9.17, 15) is 17.9 Å². The van der Waals surface area contributed by atoms with Crippen molar-refractivity contribution in [3.8, 4) is 0 Å². The van der Waals surface area contributed by atoms with Gasteiger partial charge in [0.25, 0.3) is 0 Å². The lowest BCUT2D eigenvalue weighted by atomic mass is 10.1. The van der Waals surface area contributed by atoms with Crippen LogP contribution < -0.4 is 10.0 Å². The molecule has 0 saturated carbocycles. The SMILES string of the molecule is CCC[C@H](CO)Nc1nc(NS(C)(=O)=O)nc(SC(C)c2ccc(Cl)cc2F)n1. The Kier molecular flexibility index (Phi) is 8.44. The second-order valence-corrected chi connectivity index (χ2v) is 9.87. The van der Waals surface area contributed by atoms with Gasteiger partial charge in [-0.2, -0.15) is 15.0 Å². The van der Waals surface area contributed by atoms with Gasteiger partial charge in [-0.1, -0.05) is 42.8 Å². The van der Waals surface area contributed by atoms with Gasteiger partial charge in [0.1, 0.15) is 5.82 Å². The highest BCUT2D eigenvalue weighted by atomic mass is 35.5. The van der Waals surface area contributed by atoms with Crippen molar-refractivity contribution < 1.29 is 17.9 Å². The molecule has 160 valence electrons. The number of nitrogens with one attached hydrogen (secondary N) is 2. The predicted octanol–water partition coefficient (Wildman–Crippen LogP) is 3.46. The van der Waals surface area contributed by atoms with Crippen LogP contribution in [0.2, 0.25) is 5.02 Å². The van der Waals surface area contributed by atoms with Crippen LogP contribution in [0.4, 0.5) is 16.3 Å². The highest BCUT2D eigenvalue weighted by Crippen LogP contribution is 2.35.